The van der Waals surface area contributed by atoms with Gasteiger partial charge < -0.3 is 19.6 Å². The molecule has 0 fully saturated rings. The van der Waals surface area contributed by atoms with E-state index in [0.717, 1.165) is 44.4 Å². The number of carboxylic acids is 1. The van der Waals surface area contributed by atoms with Gasteiger partial charge in [-0.25, -0.2) is 0 Å². The molecule has 0 saturated heterocycles. The molecule has 1 aromatic heterocycles. The maximum Gasteiger partial charge on any atom is 0.307 e. The van der Waals surface area contributed by atoms with Crippen LogP contribution in [0.4, 0.5) is 0 Å². The number of aromatic amines is 1. The lowest BCUT2D eigenvalue weighted by Crippen LogP contribution is -2.02. The number of carbonyl (C=O) groups is 1. The van der Waals surface area contributed by atoms with Gasteiger partial charge in [-0.05, 0) is 67.3 Å². The lowest BCUT2D eigenvalue weighted by molar-refractivity contribution is -0.136. The zero-order valence-corrected chi connectivity index (χ0v) is 18.6. The molecule has 0 saturated carbocycles. The summed E-state index contributed by atoms with van der Waals surface area (Å²) in [4.78, 5) is 15.1. The first-order chi connectivity index (χ1) is 15.5. The minimum Gasteiger partial charge on any atom is -0.490 e. The molecule has 0 radical (unpaired) electrons. The van der Waals surface area contributed by atoms with Crippen molar-refractivity contribution in [1.29, 1.82) is 0 Å². The number of nitrogens with one attached hydrogen (secondary N) is 1. The fourth-order valence-corrected chi connectivity index (χ4v) is 4.16. The van der Waals surface area contributed by atoms with Gasteiger partial charge in [0.25, 0.3) is 0 Å². The first kappa shape index (κ1) is 21.5. The van der Waals surface area contributed by atoms with Gasteiger partial charge in [0, 0.05) is 16.5 Å². The molecule has 3 aromatic carbocycles. The Morgan fingerprint density at radius 2 is 1.75 bits per heavy atom. The quantitative estimate of drug-likeness (QED) is 0.357. The van der Waals surface area contributed by atoms with Crippen LogP contribution < -0.4 is 9.47 Å². The van der Waals surface area contributed by atoms with Crippen LogP contribution in [0, 0.1) is 13.8 Å². The molecule has 5 heteroatoms. The standard InChI is InChI=1S/C27H27NO4/c1-4-31-24-14-20(10-11-23(24)32-16-19-8-6-5-7-9-19)27-21(15-25(29)30)26-18(3)12-17(2)13-22(26)28-27/h5-14,28H,4,15-16H2,1-3H3,(H,29,30). The van der Waals surface area contributed by atoms with Crippen molar-refractivity contribution in [2.24, 2.45) is 0 Å². The molecule has 32 heavy (non-hydrogen) atoms. The summed E-state index contributed by atoms with van der Waals surface area (Å²) in [6, 6.07) is 19.9. The molecule has 0 aliphatic heterocycles. The molecular weight excluding hydrogens is 402 g/mol. The van der Waals surface area contributed by atoms with Crippen LogP contribution in [0.25, 0.3) is 22.2 Å². The van der Waals surface area contributed by atoms with E-state index in [-0.39, 0.29) is 6.42 Å². The number of benzene rings is 3. The highest BCUT2D eigenvalue weighted by Crippen LogP contribution is 2.38. The molecule has 0 unspecified atom stereocenters. The number of aliphatic carboxylic acids is 1. The van der Waals surface area contributed by atoms with Gasteiger partial charge in [-0.2, -0.15) is 0 Å². The van der Waals surface area contributed by atoms with Crippen molar-refractivity contribution in [2.45, 2.75) is 33.8 Å². The Balaban J connectivity index is 1.76. The Kier molecular flexibility index (Phi) is 6.17. The van der Waals surface area contributed by atoms with Crippen LogP contribution in [0.5, 0.6) is 11.5 Å². The number of rotatable bonds is 8. The maximum absolute atomic E-state index is 11.7. The molecule has 4 rings (SSSR count). The summed E-state index contributed by atoms with van der Waals surface area (Å²) in [5.41, 5.74) is 6.65. The van der Waals surface area contributed by atoms with E-state index in [9.17, 15) is 9.90 Å². The zero-order valence-electron chi connectivity index (χ0n) is 18.6. The van der Waals surface area contributed by atoms with Crippen molar-refractivity contribution in [3.63, 3.8) is 0 Å². The van der Waals surface area contributed by atoms with Gasteiger partial charge in [-0.1, -0.05) is 36.4 Å². The van der Waals surface area contributed by atoms with Gasteiger partial charge in [-0.15, -0.1) is 0 Å². The summed E-state index contributed by atoms with van der Waals surface area (Å²) >= 11 is 0. The van der Waals surface area contributed by atoms with Gasteiger partial charge in [0.05, 0.1) is 18.7 Å². The third-order valence-electron chi connectivity index (χ3n) is 5.44. The van der Waals surface area contributed by atoms with Crippen LogP contribution in [0.1, 0.15) is 29.2 Å². The maximum atomic E-state index is 11.7. The number of H-pyrrole nitrogens is 1. The highest BCUT2D eigenvalue weighted by molar-refractivity contribution is 5.96. The van der Waals surface area contributed by atoms with Crippen molar-refractivity contribution in [1.82, 2.24) is 4.98 Å². The third-order valence-corrected chi connectivity index (χ3v) is 5.44. The highest BCUT2D eigenvalue weighted by Gasteiger charge is 2.19. The Labute approximate surface area is 187 Å². The molecule has 1 heterocycles. The van der Waals surface area contributed by atoms with Crippen molar-refractivity contribution < 1.29 is 19.4 Å². The van der Waals surface area contributed by atoms with Crippen LogP contribution in [0.2, 0.25) is 0 Å². The van der Waals surface area contributed by atoms with Gasteiger partial charge in [-0.3, -0.25) is 4.79 Å². The van der Waals surface area contributed by atoms with Gasteiger partial charge in [0.2, 0.25) is 0 Å². The Morgan fingerprint density at radius 3 is 2.47 bits per heavy atom. The molecule has 0 aliphatic carbocycles. The van der Waals surface area contributed by atoms with Crippen LogP contribution in [0.15, 0.2) is 60.7 Å². The number of aromatic nitrogens is 1. The summed E-state index contributed by atoms with van der Waals surface area (Å²) in [7, 11) is 0. The average Bonchev–Trinajstić information content (AvgIpc) is 3.11. The second-order valence-electron chi connectivity index (χ2n) is 7.92. The highest BCUT2D eigenvalue weighted by atomic mass is 16.5. The topological polar surface area (TPSA) is 71.6 Å². The Hall–Kier alpha value is -3.73. The third kappa shape index (κ3) is 4.47. The predicted octanol–water partition coefficient (Wildman–Crippen LogP) is 6.06. The van der Waals surface area contributed by atoms with E-state index < -0.39 is 5.97 Å². The van der Waals surface area contributed by atoms with E-state index >= 15 is 0 Å². The van der Waals surface area contributed by atoms with Crippen LogP contribution in [-0.4, -0.2) is 22.7 Å². The van der Waals surface area contributed by atoms with E-state index in [4.69, 9.17) is 9.47 Å². The second kappa shape index (κ2) is 9.18. The van der Waals surface area contributed by atoms with E-state index in [0.29, 0.717) is 24.7 Å². The van der Waals surface area contributed by atoms with Crippen molar-refractivity contribution >= 4 is 16.9 Å². The summed E-state index contributed by atoms with van der Waals surface area (Å²) < 4.78 is 11.9. The Morgan fingerprint density at radius 1 is 0.969 bits per heavy atom. The fraction of sp³-hybridized carbons (Fsp3) is 0.222. The first-order valence-electron chi connectivity index (χ1n) is 10.7. The van der Waals surface area contributed by atoms with E-state index in [1.807, 2.05) is 69.3 Å². The monoisotopic (exact) mass is 429 g/mol. The number of hydrogen-bond donors (Lipinski definition) is 2. The van der Waals surface area contributed by atoms with E-state index in [1.54, 1.807) is 0 Å². The lowest BCUT2D eigenvalue weighted by Gasteiger charge is -2.14. The first-order valence-corrected chi connectivity index (χ1v) is 10.7. The minimum absolute atomic E-state index is 0.0601. The minimum atomic E-state index is -0.861. The molecular formula is C27H27NO4. The Bertz CT molecular complexity index is 1260. The second-order valence-corrected chi connectivity index (χ2v) is 7.92. The van der Waals surface area contributed by atoms with Gasteiger partial charge >= 0.3 is 5.97 Å². The predicted molar refractivity (Wildman–Crippen MR) is 126 cm³/mol. The summed E-state index contributed by atoms with van der Waals surface area (Å²) in [5.74, 6) is 0.427. The summed E-state index contributed by atoms with van der Waals surface area (Å²) in [6.45, 7) is 6.92. The molecule has 4 aromatic rings. The van der Waals surface area contributed by atoms with E-state index in [1.165, 1.54) is 0 Å². The summed E-state index contributed by atoms with van der Waals surface area (Å²) in [5, 5.41) is 10.5. The van der Waals surface area contributed by atoms with Crippen molar-refractivity contribution in [2.75, 3.05) is 6.61 Å². The van der Waals surface area contributed by atoms with Crippen LogP contribution >= 0.6 is 0 Å². The van der Waals surface area contributed by atoms with Gasteiger partial charge in [0.15, 0.2) is 11.5 Å². The van der Waals surface area contributed by atoms with E-state index in [2.05, 4.69) is 17.1 Å². The SMILES string of the molecule is CCOc1cc(-c2[nH]c3cc(C)cc(C)c3c2CC(=O)O)ccc1OCc1ccccc1. The van der Waals surface area contributed by atoms with Gasteiger partial charge in [0.1, 0.15) is 6.61 Å². The smallest absolute Gasteiger partial charge is 0.307 e. The number of carboxylic acid groups (broad SMARTS) is 1. The lowest BCUT2D eigenvalue weighted by atomic mass is 9.98. The molecule has 0 aliphatic rings. The molecule has 0 spiro atoms. The molecule has 0 amide bonds. The number of ether oxygens (including phenoxy) is 2. The fourth-order valence-electron chi connectivity index (χ4n) is 4.16. The molecule has 164 valence electrons. The van der Waals surface area contributed by atoms with Crippen LogP contribution in [-0.2, 0) is 17.8 Å². The molecule has 5 nitrogen and oxygen atoms in total. The number of fused-ring (bicyclic) bond motifs is 1. The zero-order chi connectivity index (χ0) is 22.7. The molecule has 0 bridgehead atoms. The van der Waals surface area contributed by atoms with Crippen molar-refractivity contribution in [3.05, 3.63) is 82.9 Å². The molecule has 2 N–H and O–H groups in total. The molecule has 0 atom stereocenters. The van der Waals surface area contributed by atoms with Crippen LogP contribution in [0.3, 0.4) is 0 Å². The largest absolute Gasteiger partial charge is 0.490 e. The summed E-state index contributed by atoms with van der Waals surface area (Å²) in [6.07, 6.45) is -0.0601. The number of hydrogen-bond acceptors (Lipinski definition) is 3. The normalized spacial score (nSPS) is 11.0. The average molecular weight is 430 g/mol. The number of aryl methyl sites for hydroxylation is 2. The van der Waals surface area contributed by atoms with Crippen molar-refractivity contribution in [3.8, 4) is 22.8 Å².